The van der Waals surface area contributed by atoms with Crippen molar-refractivity contribution >= 4 is 17.6 Å². The van der Waals surface area contributed by atoms with Gasteiger partial charge in [-0.25, -0.2) is 9.78 Å². The van der Waals surface area contributed by atoms with E-state index in [-0.39, 0.29) is 10.7 Å². The SMILES string of the molecule is CC(C)Cc1nc(Cl)c(C(=O)O)c2c1CCCC2. The predicted octanol–water partition coefficient (Wildman–Crippen LogP) is 3.51. The highest BCUT2D eigenvalue weighted by Gasteiger charge is 2.25. The topological polar surface area (TPSA) is 50.2 Å². The summed E-state index contributed by atoms with van der Waals surface area (Å²) in [6, 6.07) is 0. The Bertz CT molecular complexity index is 483. The van der Waals surface area contributed by atoms with Gasteiger partial charge in [0, 0.05) is 5.69 Å². The van der Waals surface area contributed by atoms with Gasteiger partial charge in [-0.05, 0) is 49.1 Å². The zero-order valence-corrected chi connectivity index (χ0v) is 11.5. The molecule has 1 N–H and O–H groups in total. The van der Waals surface area contributed by atoms with Crippen molar-refractivity contribution in [1.82, 2.24) is 4.98 Å². The smallest absolute Gasteiger partial charge is 0.339 e. The Labute approximate surface area is 112 Å². The molecule has 0 radical (unpaired) electrons. The molecular weight excluding hydrogens is 250 g/mol. The first-order chi connectivity index (χ1) is 8.50. The van der Waals surface area contributed by atoms with Crippen LogP contribution in [0.25, 0.3) is 0 Å². The molecule has 18 heavy (non-hydrogen) atoms. The Morgan fingerprint density at radius 3 is 2.50 bits per heavy atom. The summed E-state index contributed by atoms with van der Waals surface area (Å²) < 4.78 is 0. The number of rotatable bonds is 3. The lowest BCUT2D eigenvalue weighted by Crippen LogP contribution is -2.16. The molecule has 4 heteroatoms. The van der Waals surface area contributed by atoms with Crippen molar-refractivity contribution in [2.75, 3.05) is 0 Å². The van der Waals surface area contributed by atoms with E-state index >= 15 is 0 Å². The minimum Gasteiger partial charge on any atom is -0.478 e. The molecule has 0 spiro atoms. The van der Waals surface area contributed by atoms with Crippen molar-refractivity contribution in [2.24, 2.45) is 5.92 Å². The molecule has 0 saturated carbocycles. The van der Waals surface area contributed by atoms with Crippen molar-refractivity contribution in [3.05, 3.63) is 27.5 Å². The highest BCUT2D eigenvalue weighted by molar-refractivity contribution is 6.32. The second-order valence-electron chi connectivity index (χ2n) is 5.29. The maximum absolute atomic E-state index is 11.3. The number of pyridine rings is 1. The summed E-state index contributed by atoms with van der Waals surface area (Å²) in [6.45, 7) is 4.27. The number of carboxylic acids is 1. The fourth-order valence-corrected chi connectivity index (χ4v) is 2.94. The Morgan fingerprint density at radius 1 is 1.33 bits per heavy atom. The quantitative estimate of drug-likeness (QED) is 0.853. The predicted molar refractivity (Wildman–Crippen MR) is 71.4 cm³/mol. The van der Waals surface area contributed by atoms with E-state index in [0.717, 1.165) is 48.9 Å². The first-order valence-electron chi connectivity index (χ1n) is 6.44. The van der Waals surface area contributed by atoms with Crippen molar-refractivity contribution in [3.8, 4) is 0 Å². The van der Waals surface area contributed by atoms with Crippen LogP contribution in [0.15, 0.2) is 0 Å². The fourth-order valence-electron chi connectivity index (χ4n) is 2.64. The summed E-state index contributed by atoms with van der Waals surface area (Å²) in [7, 11) is 0. The summed E-state index contributed by atoms with van der Waals surface area (Å²) in [6.07, 6.45) is 4.75. The van der Waals surface area contributed by atoms with E-state index in [0.29, 0.717) is 5.92 Å². The summed E-state index contributed by atoms with van der Waals surface area (Å²) in [5, 5.41) is 9.42. The highest BCUT2D eigenvalue weighted by atomic mass is 35.5. The van der Waals surface area contributed by atoms with Crippen molar-refractivity contribution in [2.45, 2.75) is 46.0 Å². The lowest BCUT2D eigenvalue weighted by molar-refractivity contribution is 0.0695. The maximum atomic E-state index is 11.3. The van der Waals surface area contributed by atoms with Gasteiger partial charge in [-0.1, -0.05) is 25.4 Å². The van der Waals surface area contributed by atoms with Crippen LogP contribution in [0.5, 0.6) is 0 Å². The monoisotopic (exact) mass is 267 g/mol. The highest BCUT2D eigenvalue weighted by Crippen LogP contribution is 2.31. The molecule has 0 bridgehead atoms. The molecule has 0 fully saturated rings. The number of aromatic nitrogens is 1. The second kappa shape index (κ2) is 5.27. The maximum Gasteiger partial charge on any atom is 0.339 e. The molecule has 0 atom stereocenters. The molecule has 0 saturated heterocycles. The molecule has 1 heterocycles. The van der Waals surface area contributed by atoms with Crippen LogP contribution in [0.4, 0.5) is 0 Å². The second-order valence-corrected chi connectivity index (χ2v) is 5.65. The number of nitrogens with zero attached hydrogens (tertiary/aromatic N) is 1. The number of carboxylic acid groups (broad SMARTS) is 1. The number of fused-ring (bicyclic) bond motifs is 1. The zero-order chi connectivity index (χ0) is 13.3. The largest absolute Gasteiger partial charge is 0.478 e. The van der Waals surface area contributed by atoms with Crippen LogP contribution in [0.1, 0.15) is 53.9 Å². The normalized spacial score (nSPS) is 14.7. The van der Waals surface area contributed by atoms with Crippen LogP contribution in [0.3, 0.4) is 0 Å². The number of carbonyl (C=O) groups is 1. The van der Waals surface area contributed by atoms with Crippen molar-refractivity contribution < 1.29 is 9.90 Å². The number of hydrogen-bond acceptors (Lipinski definition) is 2. The number of aromatic carboxylic acids is 1. The third-order valence-corrected chi connectivity index (χ3v) is 3.65. The molecule has 0 amide bonds. The van der Waals surface area contributed by atoms with E-state index in [4.69, 9.17) is 11.6 Å². The molecule has 3 nitrogen and oxygen atoms in total. The average Bonchev–Trinajstić information content (AvgIpc) is 2.27. The third-order valence-electron chi connectivity index (χ3n) is 3.37. The van der Waals surface area contributed by atoms with Gasteiger partial charge in [-0.3, -0.25) is 0 Å². The molecule has 0 aliphatic heterocycles. The van der Waals surface area contributed by atoms with Gasteiger partial charge in [0.05, 0.1) is 0 Å². The van der Waals surface area contributed by atoms with Crippen molar-refractivity contribution in [3.63, 3.8) is 0 Å². The minimum absolute atomic E-state index is 0.152. The van der Waals surface area contributed by atoms with Crippen LogP contribution in [0.2, 0.25) is 5.15 Å². The zero-order valence-electron chi connectivity index (χ0n) is 10.8. The van der Waals surface area contributed by atoms with E-state index in [1.165, 1.54) is 0 Å². The van der Waals surface area contributed by atoms with Crippen LogP contribution in [-0.4, -0.2) is 16.1 Å². The molecule has 0 unspecified atom stereocenters. The standard InChI is InChI=1S/C14H18ClNO2/c1-8(2)7-11-9-5-3-4-6-10(9)12(14(17)18)13(15)16-11/h8H,3-7H2,1-2H3,(H,17,18). The van der Waals surface area contributed by atoms with E-state index in [1.54, 1.807) is 0 Å². The first kappa shape index (κ1) is 13.3. The van der Waals surface area contributed by atoms with Gasteiger partial charge >= 0.3 is 5.97 Å². The average molecular weight is 268 g/mol. The summed E-state index contributed by atoms with van der Waals surface area (Å²) in [5.74, 6) is -0.461. The van der Waals surface area contributed by atoms with E-state index in [9.17, 15) is 9.90 Å². The Balaban J connectivity index is 2.58. The van der Waals surface area contributed by atoms with Gasteiger partial charge in [-0.15, -0.1) is 0 Å². The van der Waals surface area contributed by atoms with Gasteiger partial charge < -0.3 is 5.11 Å². The van der Waals surface area contributed by atoms with Gasteiger partial charge in [0.1, 0.15) is 10.7 Å². The van der Waals surface area contributed by atoms with Gasteiger partial charge in [0.25, 0.3) is 0 Å². The summed E-state index contributed by atoms with van der Waals surface area (Å²) >= 11 is 6.05. The number of hydrogen-bond donors (Lipinski definition) is 1. The van der Waals surface area contributed by atoms with E-state index in [1.807, 2.05) is 0 Å². The molecular formula is C14H18ClNO2. The molecule has 1 aromatic heterocycles. The summed E-state index contributed by atoms with van der Waals surface area (Å²) in [5.41, 5.74) is 3.27. The number of halogens is 1. The summed E-state index contributed by atoms with van der Waals surface area (Å²) in [4.78, 5) is 15.6. The van der Waals surface area contributed by atoms with Crippen LogP contribution < -0.4 is 0 Å². The molecule has 2 rings (SSSR count). The molecule has 0 aromatic carbocycles. The lowest BCUT2D eigenvalue weighted by Gasteiger charge is -2.22. The van der Waals surface area contributed by atoms with Gasteiger partial charge in [0.2, 0.25) is 0 Å². The first-order valence-corrected chi connectivity index (χ1v) is 6.82. The van der Waals surface area contributed by atoms with Crippen LogP contribution in [0, 0.1) is 5.92 Å². The lowest BCUT2D eigenvalue weighted by atomic mass is 9.86. The van der Waals surface area contributed by atoms with Gasteiger partial charge in [-0.2, -0.15) is 0 Å². The molecule has 1 aliphatic rings. The fraction of sp³-hybridized carbons (Fsp3) is 0.571. The van der Waals surface area contributed by atoms with Gasteiger partial charge in [0.15, 0.2) is 0 Å². The van der Waals surface area contributed by atoms with Crippen molar-refractivity contribution in [1.29, 1.82) is 0 Å². The Hall–Kier alpha value is -1.09. The molecule has 1 aliphatic carbocycles. The minimum atomic E-state index is -0.957. The molecule has 98 valence electrons. The Morgan fingerprint density at radius 2 is 1.94 bits per heavy atom. The molecule has 1 aromatic rings. The van der Waals surface area contributed by atoms with Crippen LogP contribution >= 0.6 is 11.6 Å². The third kappa shape index (κ3) is 2.51. The van der Waals surface area contributed by atoms with E-state index < -0.39 is 5.97 Å². The van der Waals surface area contributed by atoms with E-state index in [2.05, 4.69) is 18.8 Å². The van der Waals surface area contributed by atoms with Crippen LogP contribution in [-0.2, 0) is 19.3 Å². The Kier molecular flexibility index (Phi) is 3.91.